The second-order valence-corrected chi connectivity index (χ2v) is 4.94. The van der Waals surface area contributed by atoms with Crippen molar-refractivity contribution in [3.05, 3.63) is 30.0 Å². The molecule has 0 saturated carbocycles. The molecular weight excluding hydrogens is 252 g/mol. The van der Waals surface area contributed by atoms with Crippen LogP contribution in [0.2, 0.25) is 0 Å². The van der Waals surface area contributed by atoms with Crippen LogP contribution in [-0.2, 0) is 22.5 Å². The van der Waals surface area contributed by atoms with Crippen LogP contribution in [0, 0.1) is 0 Å². The highest BCUT2D eigenvalue weighted by Gasteiger charge is 2.20. The third kappa shape index (κ3) is 2.90. The second kappa shape index (κ2) is 6.66. The lowest BCUT2D eigenvalue weighted by Gasteiger charge is -2.12. The van der Waals surface area contributed by atoms with Gasteiger partial charge in [0.15, 0.2) is 5.78 Å². The van der Waals surface area contributed by atoms with Gasteiger partial charge in [-0.15, -0.1) is 0 Å². The maximum absolute atomic E-state index is 12.3. The molecular formula is C16H22N2O2. The SMILES string of the molecule is CCCC(OC)C(=O)Cc1nn(CC)c2ccccc12. The number of carbonyl (C=O) groups excluding carboxylic acids is 1. The van der Waals surface area contributed by atoms with Crippen LogP contribution in [0.15, 0.2) is 24.3 Å². The van der Waals surface area contributed by atoms with E-state index in [1.165, 1.54) is 0 Å². The molecule has 20 heavy (non-hydrogen) atoms. The highest BCUT2D eigenvalue weighted by Crippen LogP contribution is 2.20. The van der Waals surface area contributed by atoms with Gasteiger partial charge in [-0.05, 0) is 19.4 Å². The van der Waals surface area contributed by atoms with Crippen molar-refractivity contribution in [2.24, 2.45) is 0 Å². The molecule has 0 spiro atoms. The number of ketones is 1. The molecule has 0 saturated heterocycles. The van der Waals surface area contributed by atoms with Crippen LogP contribution >= 0.6 is 0 Å². The van der Waals surface area contributed by atoms with E-state index in [1.807, 2.05) is 28.9 Å². The fourth-order valence-electron chi connectivity index (χ4n) is 2.52. The summed E-state index contributed by atoms with van der Waals surface area (Å²) in [4.78, 5) is 12.3. The van der Waals surface area contributed by atoms with Crippen LogP contribution < -0.4 is 0 Å². The van der Waals surface area contributed by atoms with Crippen molar-refractivity contribution in [1.82, 2.24) is 9.78 Å². The van der Waals surface area contributed by atoms with E-state index in [-0.39, 0.29) is 11.9 Å². The molecule has 0 radical (unpaired) electrons. The summed E-state index contributed by atoms with van der Waals surface area (Å²) in [7, 11) is 1.60. The van der Waals surface area contributed by atoms with Gasteiger partial charge in [0.2, 0.25) is 0 Å². The highest BCUT2D eigenvalue weighted by molar-refractivity contribution is 5.90. The van der Waals surface area contributed by atoms with Crippen molar-refractivity contribution in [3.8, 4) is 0 Å². The Hall–Kier alpha value is -1.68. The molecule has 0 fully saturated rings. The van der Waals surface area contributed by atoms with Crippen molar-refractivity contribution in [2.75, 3.05) is 7.11 Å². The van der Waals surface area contributed by atoms with Gasteiger partial charge in [0.25, 0.3) is 0 Å². The first-order valence-corrected chi connectivity index (χ1v) is 7.21. The molecule has 1 unspecified atom stereocenters. The molecule has 1 aromatic carbocycles. The van der Waals surface area contributed by atoms with Gasteiger partial charge in [-0.3, -0.25) is 9.48 Å². The van der Waals surface area contributed by atoms with Crippen LogP contribution in [0.4, 0.5) is 0 Å². The van der Waals surface area contributed by atoms with Gasteiger partial charge in [-0.2, -0.15) is 5.10 Å². The lowest BCUT2D eigenvalue weighted by atomic mass is 10.0. The topological polar surface area (TPSA) is 44.1 Å². The summed E-state index contributed by atoms with van der Waals surface area (Å²) in [6.45, 7) is 4.91. The van der Waals surface area contributed by atoms with Gasteiger partial charge in [0.1, 0.15) is 6.10 Å². The molecule has 1 heterocycles. The quantitative estimate of drug-likeness (QED) is 0.779. The summed E-state index contributed by atoms with van der Waals surface area (Å²) in [6.07, 6.45) is 1.73. The molecule has 0 aliphatic carbocycles. The minimum absolute atomic E-state index is 0.112. The van der Waals surface area contributed by atoms with E-state index < -0.39 is 0 Å². The summed E-state index contributed by atoms with van der Waals surface area (Å²) in [5.74, 6) is 0.112. The van der Waals surface area contributed by atoms with Crippen molar-refractivity contribution in [2.45, 2.75) is 45.8 Å². The number of aryl methyl sites for hydroxylation is 1. The molecule has 108 valence electrons. The van der Waals surface area contributed by atoms with Gasteiger partial charge in [-0.25, -0.2) is 0 Å². The number of benzene rings is 1. The first-order valence-electron chi connectivity index (χ1n) is 7.21. The number of fused-ring (bicyclic) bond motifs is 1. The molecule has 0 aliphatic heterocycles. The van der Waals surface area contributed by atoms with Crippen LogP contribution in [-0.4, -0.2) is 28.8 Å². The predicted octanol–water partition coefficient (Wildman–Crippen LogP) is 2.98. The third-order valence-corrected chi connectivity index (χ3v) is 3.57. The summed E-state index contributed by atoms with van der Waals surface area (Å²) in [6, 6.07) is 8.05. The van der Waals surface area contributed by atoms with Gasteiger partial charge >= 0.3 is 0 Å². The number of Topliss-reactive ketones (excluding diaryl/α,β-unsaturated/α-hetero) is 1. The van der Waals surface area contributed by atoms with Gasteiger partial charge in [-0.1, -0.05) is 31.5 Å². The van der Waals surface area contributed by atoms with Crippen molar-refractivity contribution >= 4 is 16.7 Å². The summed E-state index contributed by atoms with van der Waals surface area (Å²) in [5, 5.41) is 5.63. The lowest BCUT2D eigenvalue weighted by molar-refractivity contribution is -0.128. The monoisotopic (exact) mass is 274 g/mol. The normalized spacial score (nSPS) is 12.8. The number of para-hydroxylation sites is 1. The molecule has 1 atom stereocenters. The van der Waals surface area contributed by atoms with Crippen LogP contribution in [0.25, 0.3) is 10.9 Å². The number of nitrogens with zero attached hydrogens (tertiary/aromatic N) is 2. The zero-order valence-corrected chi connectivity index (χ0v) is 12.4. The standard InChI is InChI=1S/C16H22N2O2/c1-4-8-16(20-3)15(19)11-13-12-9-6-7-10-14(12)18(5-2)17-13/h6-7,9-10,16H,4-5,8,11H2,1-3H3. The Kier molecular flexibility index (Phi) is 4.90. The lowest BCUT2D eigenvalue weighted by Crippen LogP contribution is -2.24. The van der Waals surface area contributed by atoms with Gasteiger partial charge in [0, 0.05) is 19.0 Å². The summed E-state index contributed by atoms with van der Waals surface area (Å²) in [5.41, 5.74) is 1.94. The highest BCUT2D eigenvalue weighted by atomic mass is 16.5. The Morgan fingerprint density at radius 3 is 2.75 bits per heavy atom. The molecule has 2 aromatic rings. The minimum Gasteiger partial charge on any atom is -0.374 e. The Morgan fingerprint density at radius 1 is 1.35 bits per heavy atom. The number of ether oxygens (including phenoxy) is 1. The number of hydrogen-bond donors (Lipinski definition) is 0. The summed E-state index contributed by atoms with van der Waals surface area (Å²) >= 11 is 0. The number of carbonyl (C=O) groups is 1. The number of rotatable bonds is 7. The van der Waals surface area contributed by atoms with Crippen molar-refractivity contribution in [1.29, 1.82) is 0 Å². The van der Waals surface area contributed by atoms with E-state index in [2.05, 4.69) is 18.9 Å². The smallest absolute Gasteiger partial charge is 0.167 e. The fraction of sp³-hybridized carbons (Fsp3) is 0.500. The summed E-state index contributed by atoms with van der Waals surface area (Å²) < 4.78 is 7.23. The van der Waals surface area contributed by atoms with E-state index in [0.29, 0.717) is 6.42 Å². The van der Waals surface area contributed by atoms with E-state index >= 15 is 0 Å². The van der Waals surface area contributed by atoms with Crippen molar-refractivity contribution in [3.63, 3.8) is 0 Å². The first-order chi connectivity index (χ1) is 9.71. The Balaban J connectivity index is 2.27. The minimum atomic E-state index is -0.314. The Morgan fingerprint density at radius 2 is 2.10 bits per heavy atom. The maximum Gasteiger partial charge on any atom is 0.167 e. The number of hydrogen-bond acceptors (Lipinski definition) is 3. The average Bonchev–Trinajstić information content (AvgIpc) is 2.83. The van der Waals surface area contributed by atoms with Crippen LogP contribution in [0.3, 0.4) is 0 Å². The third-order valence-electron chi connectivity index (χ3n) is 3.57. The fourth-order valence-corrected chi connectivity index (χ4v) is 2.52. The molecule has 0 amide bonds. The molecule has 4 heteroatoms. The number of aromatic nitrogens is 2. The zero-order valence-electron chi connectivity index (χ0n) is 12.4. The van der Waals surface area contributed by atoms with Crippen LogP contribution in [0.1, 0.15) is 32.4 Å². The molecule has 0 aliphatic rings. The maximum atomic E-state index is 12.3. The molecule has 4 nitrogen and oxygen atoms in total. The second-order valence-electron chi connectivity index (χ2n) is 4.94. The van der Waals surface area contributed by atoms with Gasteiger partial charge < -0.3 is 4.74 Å². The van der Waals surface area contributed by atoms with Crippen LogP contribution in [0.5, 0.6) is 0 Å². The van der Waals surface area contributed by atoms with Gasteiger partial charge in [0.05, 0.1) is 17.6 Å². The van der Waals surface area contributed by atoms with Crippen molar-refractivity contribution < 1.29 is 9.53 Å². The average molecular weight is 274 g/mol. The Labute approximate surface area is 119 Å². The molecule has 0 bridgehead atoms. The number of methoxy groups -OCH3 is 1. The predicted molar refractivity (Wildman–Crippen MR) is 79.8 cm³/mol. The van der Waals surface area contributed by atoms with E-state index in [1.54, 1.807) is 7.11 Å². The molecule has 1 aromatic heterocycles. The van der Waals surface area contributed by atoms with E-state index in [4.69, 9.17) is 4.74 Å². The van der Waals surface area contributed by atoms with E-state index in [9.17, 15) is 4.79 Å². The Bertz CT molecular complexity index is 589. The first kappa shape index (κ1) is 14.7. The molecule has 2 rings (SSSR count). The zero-order chi connectivity index (χ0) is 14.5. The van der Waals surface area contributed by atoms with E-state index in [0.717, 1.165) is 36.0 Å². The molecule has 0 N–H and O–H groups in total. The largest absolute Gasteiger partial charge is 0.374 e.